The number of carbonyl (C=O) groups is 3. The molecule has 1 fully saturated rings. The molecule has 0 aromatic rings. The Morgan fingerprint density at radius 3 is 2.23 bits per heavy atom. The Hall–Kier alpha value is -1.91. The van der Waals surface area contributed by atoms with Crippen LogP contribution in [0.25, 0.3) is 0 Å². The molecule has 0 aromatic heterocycles. The fourth-order valence-corrected chi connectivity index (χ4v) is 4.30. The van der Waals surface area contributed by atoms with E-state index in [0.717, 1.165) is 24.0 Å². The van der Waals surface area contributed by atoms with Gasteiger partial charge in [0.05, 0.1) is 13.2 Å². The van der Waals surface area contributed by atoms with E-state index in [9.17, 15) is 14.4 Å². The quantitative estimate of drug-likeness (QED) is 0.392. The summed E-state index contributed by atoms with van der Waals surface area (Å²) in [4.78, 5) is 37.3. The third-order valence-electron chi connectivity index (χ3n) is 5.61. The van der Waals surface area contributed by atoms with Crippen LogP contribution in [-0.4, -0.2) is 30.9 Å². The van der Waals surface area contributed by atoms with Gasteiger partial charge in [-0.1, -0.05) is 23.3 Å². The van der Waals surface area contributed by atoms with Crippen LogP contribution in [0.15, 0.2) is 23.3 Å². The summed E-state index contributed by atoms with van der Waals surface area (Å²) >= 11 is 0. The van der Waals surface area contributed by atoms with E-state index >= 15 is 0 Å². The van der Waals surface area contributed by atoms with Crippen LogP contribution in [0.3, 0.4) is 0 Å². The van der Waals surface area contributed by atoms with E-state index in [1.54, 1.807) is 20.8 Å². The van der Waals surface area contributed by atoms with Gasteiger partial charge in [-0.2, -0.15) is 0 Å². The molecule has 5 heteroatoms. The number of rotatable bonds is 7. The molecule has 0 N–H and O–H groups in total. The first kappa shape index (κ1) is 20.4. The van der Waals surface area contributed by atoms with Gasteiger partial charge >= 0.3 is 11.9 Å². The lowest BCUT2D eigenvalue weighted by molar-refractivity contribution is -0.175. The van der Waals surface area contributed by atoms with Crippen LogP contribution in [0.1, 0.15) is 59.8 Å². The van der Waals surface area contributed by atoms with Crippen molar-refractivity contribution < 1.29 is 23.9 Å². The van der Waals surface area contributed by atoms with E-state index in [1.165, 1.54) is 0 Å². The predicted molar refractivity (Wildman–Crippen MR) is 98.3 cm³/mol. The number of ether oxygens (including phenoxy) is 2. The van der Waals surface area contributed by atoms with Crippen molar-refractivity contribution in [3.63, 3.8) is 0 Å². The van der Waals surface area contributed by atoms with Gasteiger partial charge in [0.15, 0.2) is 5.41 Å². The summed E-state index contributed by atoms with van der Waals surface area (Å²) < 4.78 is 10.7. The predicted octanol–water partition coefficient (Wildman–Crippen LogP) is 3.77. The van der Waals surface area contributed by atoms with Crippen molar-refractivity contribution in [1.29, 1.82) is 0 Å². The maximum atomic E-state index is 12.9. The molecule has 0 saturated heterocycles. The highest BCUT2D eigenvalue weighted by Gasteiger charge is 2.62. The Morgan fingerprint density at radius 2 is 1.69 bits per heavy atom. The number of ketones is 1. The fourth-order valence-electron chi connectivity index (χ4n) is 4.30. The zero-order chi connectivity index (χ0) is 19.3. The highest BCUT2D eigenvalue weighted by Crippen LogP contribution is 2.56. The maximum Gasteiger partial charge on any atom is 0.324 e. The van der Waals surface area contributed by atoms with Crippen molar-refractivity contribution in [2.24, 2.45) is 17.3 Å². The Morgan fingerprint density at radius 1 is 1.08 bits per heavy atom. The van der Waals surface area contributed by atoms with Gasteiger partial charge in [0.2, 0.25) is 0 Å². The molecule has 144 valence electrons. The number of Topliss-reactive ketones (excluding diaryl/α,β-unsaturated/α-hetero) is 1. The molecule has 2 rings (SSSR count). The number of allylic oxidation sites excluding steroid dienone is 4. The van der Waals surface area contributed by atoms with E-state index in [0.29, 0.717) is 19.3 Å². The molecule has 0 unspecified atom stereocenters. The summed E-state index contributed by atoms with van der Waals surface area (Å²) in [5.41, 5.74) is 0.916. The Labute approximate surface area is 155 Å². The molecule has 0 bridgehead atoms. The molecular weight excluding hydrogens is 332 g/mol. The molecular formula is C21H30O5. The van der Waals surface area contributed by atoms with Crippen LogP contribution in [0.2, 0.25) is 0 Å². The van der Waals surface area contributed by atoms with Crippen LogP contribution < -0.4 is 0 Å². The molecule has 0 heterocycles. The molecule has 2 aliphatic rings. The Balaban J connectivity index is 2.49. The van der Waals surface area contributed by atoms with E-state index in [-0.39, 0.29) is 30.8 Å². The van der Waals surface area contributed by atoms with Gasteiger partial charge < -0.3 is 14.3 Å². The Kier molecular flexibility index (Phi) is 6.79. The first-order valence-electron chi connectivity index (χ1n) is 9.57. The smallest absolute Gasteiger partial charge is 0.324 e. The van der Waals surface area contributed by atoms with Gasteiger partial charge in [-0.15, -0.1) is 0 Å². The lowest BCUT2D eigenvalue weighted by atomic mass is 9.71. The minimum atomic E-state index is -1.27. The normalized spacial score (nSPS) is 25.4. The van der Waals surface area contributed by atoms with Crippen LogP contribution >= 0.6 is 0 Å². The summed E-state index contributed by atoms with van der Waals surface area (Å²) in [7, 11) is 0. The highest BCUT2D eigenvalue weighted by atomic mass is 16.6. The van der Waals surface area contributed by atoms with Crippen LogP contribution in [0, 0.1) is 17.3 Å². The molecule has 1 saturated carbocycles. The van der Waals surface area contributed by atoms with E-state index in [4.69, 9.17) is 9.47 Å². The molecule has 2 atom stereocenters. The minimum Gasteiger partial charge on any atom is -0.465 e. The SMILES string of the molecule is CCOC(=O)C1(C(=O)OCC)C/C(=C(\C)CCC(C)=O)[C@H]2C=CCC[C@H]21. The van der Waals surface area contributed by atoms with Crippen molar-refractivity contribution in [2.45, 2.75) is 59.8 Å². The van der Waals surface area contributed by atoms with Crippen molar-refractivity contribution in [3.8, 4) is 0 Å². The maximum absolute atomic E-state index is 12.9. The van der Waals surface area contributed by atoms with Crippen LogP contribution in [0.4, 0.5) is 0 Å². The third-order valence-corrected chi connectivity index (χ3v) is 5.61. The second-order valence-corrected chi connectivity index (χ2v) is 7.23. The number of fused-ring (bicyclic) bond motifs is 1. The minimum absolute atomic E-state index is 0.0320. The summed E-state index contributed by atoms with van der Waals surface area (Å²) in [6, 6.07) is 0. The first-order valence-corrected chi connectivity index (χ1v) is 9.57. The number of carbonyl (C=O) groups excluding carboxylic acids is 3. The number of esters is 2. The van der Waals surface area contributed by atoms with Crippen LogP contribution in [-0.2, 0) is 23.9 Å². The van der Waals surface area contributed by atoms with Gasteiger partial charge in [0.25, 0.3) is 0 Å². The van der Waals surface area contributed by atoms with Gasteiger partial charge in [0, 0.05) is 12.3 Å². The van der Waals surface area contributed by atoms with Crippen molar-refractivity contribution in [3.05, 3.63) is 23.3 Å². The van der Waals surface area contributed by atoms with E-state index in [1.807, 2.05) is 6.92 Å². The molecule has 0 aromatic carbocycles. The monoisotopic (exact) mass is 362 g/mol. The molecule has 5 nitrogen and oxygen atoms in total. The van der Waals surface area contributed by atoms with Crippen LogP contribution in [0.5, 0.6) is 0 Å². The summed E-state index contributed by atoms with van der Waals surface area (Å²) in [5, 5.41) is 0. The summed E-state index contributed by atoms with van der Waals surface area (Å²) in [5.74, 6) is -0.922. The molecule has 0 aliphatic heterocycles. The lowest BCUT2D eigenvalue weighted by Crippen LogP contribution is -2.46. The van der Waals surface area contributed by atoms with Crippen molar-refractivity contribution in [1.82, 2.24) is 0 Å². The molecule has 0 spiro atoms. The second-order valence-electron chi connectivity index (χ2n) is 7.23. The molecule has 0 radical (unpaired) electrons. The zero-order valence-electron chi connectivity index (χ0n) is 16.3. The summed E-state index contributed by atoms with van der Waals surface area (Å²) in [6.07, 6.45) is 7.27. The largest absolute Gasteiger partial charge is 0.465 e. The van der Waals surface area contributed by atoms with Gasteiger partial charge in [0.1, 0.15) is 5.78 Å². The standard InChI is InChI=1S/C21H30O5/c1-5-25-19(23)21(20(24)26-6-2)13-17(14(3)11-12-15(4)22)16-9-7-8-10-18(16)21/h7,9,16,18H,5-6,8,10-13H2,1-4H3/b17-14-/t16-,18-/m1/s1. The lowest BCUT2D eigenvalue weighted by Gasteiger charge is -2.33. The molecule has 26 heavy (non-hydrogen) atoms. The number of hydrogen-bond donors (Lipinski definition) is 0. The highest BCUT2D eigenvalue weighted by molar-refractivity contribution is 6.01. The van der Waals surface area contributed by atoms with Crippen molar-refractivity contribution in [2.75, 3.05) is 13.2 Å². The molecule has 0 amide bonds. The van der Waals surface area contributed by atoms with E-state index in [2.05, 4.69) is 12.2 Å². The average Bonchev–Trinajstić information content (AvgIpc) is 2.97. The summed E-state index contributed by atoms with van der Waals surface area (Å²) in [6.45, 7) is 7.55. The van der Waals surface area contributed by atoms with Gasteiger partial charge in [-0.05, 0) is 59.3 Å². The first-order chi connectivity index (χ1) is 12.4. The fraction of sp³-hybridized carbons (Fsp3) is 0.667. The van der Waals surface area contributed by atoms with Gasteiger partial charge in [-0.25, -0.2) is 0 Å². The topological polar surface area (TPSA) is 69.7 Å². The zero-order valence-corrected chi connectivity index (χ0v) is 16.3. The average molecular weight is 362 g/mol. The van der Waals surface area contributed by atoms with Gasteiger partial charge in [-0.3, -0.25) is 9.59 Å². The number of hydrogen-bond acceptors (Lipinski definition) is 5. The van der Waals surface area contributed by atoms with Crippen molar-refractivity contribution >= 4 is 17.7 Å². The molecule has 2 aliphatic carbocycles. The second kappa shape index (κ2) is 8.65. The third kappa shape index (κ3) is 3.76. The van der Waals surface area contributed by atoms with E-state index < -0.39 is 17.4 Å². The Bertz CT molecular complexity index is 610.